The number of halogens is 2. The SMILES string of the molecule is C=CCNCc1cc(Br)cc(Br)c1OCCC. The third kappa shape index (κ3) is 4.82. The molecule has 0 atom stereocenters. The van der Waals surface area contributed by atoms with Crippen molar-refractivity contribution in [1.29, 1.82) is 0 Å². The maximum Gasteiger partial charge on any atom is 0.138 e. The van der Waals surface area contributed by atoms with Gasteiger partial charge >= 0.3 is 0 Å². The number of ether oxygens (including phenoxy) is 1. The molecule has 1 aromatic carbocycles. The van der Waals surface area contributed by atoms with Gasteiger partial charge in [0.1, 0.15) is 5.75 Å². The lowest BCUT2D eigenvalue weighted by Crippen LogP contribution is -2.14. The van der Waals surface area contributed by atoms with Gasteiger partial charge in [-0.1, -0.05) is 28.9 Å². The first-order valence-corrected chi connectivity index (χ1v) is 7.20. The average molecular weight is 363 g/mol. The summed E-state index contributed by atoms with van der Waals surface area (Å²) < 4.78 is 7.80. The zero-order valence-electron chi connectivity index (χ0n) is 9.93. The van der Waals surface area contributed by atoms with Crippen molar-refractivity contribution < 1.29 is 4.74 Å². The molecule has 1 rings (SSSR count). The summed E-state index contributed by atoms with van der Waals surface area (Å²) in [5.74, 6) is 0.923. The van der Waals surface area contributed by atoms with Crippen molar-refractivity contribution in [3.05, 3.63) is 39.3 Å². The summed E-state index contributed by atoms with van der Waals surface area (Å²) in [6.45, 7) is 8.07. The van der Waals surface area contributed by atoms with E-state index in [-0.39, 0.29) is 0 Å². The van der Waals surface area contributed by atoms with Crippen LogP contribution in [0.15, 0.2) is 33.7 Å². The molecule has 0 radical (unpaired) electrons. The minimum atomic E-state index is 0.731. The van der Waals surface area contributed by atoms with Crippen LogP contribution in [-0.2, 0) is 6.54 Å². The molecule has 4 heteroatoms. The van der Waals surface area contributed by atoms with Gasteiger partial charge in [0.15, 0.2) is 0 Å². The highest BCUT2D eigenvalue weighted by atomic mass is 79.9. The minimum absolute atomic E-state index is 0.731. The second-order valence-corrected chi connectivity index (χ2v) is 5.41. The molecule has 0 bridgehead atoms. The predicted octanol–water partition coefficient (Wildman–Crippen LogP) is 4.28. The van der Waals surface area contributed by atoms with Gasteiger partial charge in [0.25, 0.3) is 0 Å². The second-order valence-electron chi connectivity index (χ2n) is 3.64. The van der Waals surface area contributed by atoms with Gasteiger partial charge in [-0.2, -0.15) is 0 Å². The molecule has 1 N–H and O–H groups in total. The Morgan fingerprint density at radius 1 is 1.41 bits per heavy atom. The highest BCUT2D eigenvalue weighted by Gasteiger charge is 2.09. The van der Waals surface area contributed by atoms with Gasteiger partial charge in [-0.3, -0.25) is 0 Å². The van der Waals surface area contributed by atoms with Gasteiger partial charge in [0, 0.05) is 23.1 Å². The van der Waals surface area contributed by atoms with E-state index in [0.717, 1.165) is 46.4 Å². The molecule has 0 saturated heterocycles. The fourth-order valence-electron chi connectivity index (χ4n) is 1.42. The van der Waals surface area contributed by atoms with E-state index < -0.39 is 0 Å². The third-order valence-electron chi connectivity index (χ3n) is 2.14. The van der Waals surface area contributed by atoms with E-state index in [0.29, 0.717) is 0 Å². The molecule has 0 amide bonds. The first-order valence-electron chi connectivity index (χ1n) is 5.61. The van der Waals surface area contributed by atoms with Gasteiger partial charge in [0.05, 0.1) is 11.1 Å². The molecule has 0 aliphatic heterocycles. The highest BCUT2D eigenvalue weighted by molar-refractivity contribution is 9.11. The topological polar surface area (TPSA) is 21.3 Å². The van der Waals surface area contributed by atoms with Crippen LogP contribution < -0.4 is 10.1 Å². The van der Waals surface area contributed by atoms with Crippen molar-refractivity contribution in [1.82, 2.24) is 5.32 Å². The van der Waals surface area contributed by atoms with Crippen LogP contribution in [0.25, 0.3) is 0 Å². The van der Waals surface area contributed by atoms with E-state index in [1.165, 1.54) is 0 Å². The lowest BCUT2D eigenvalue weighted by molar-refractivity contribution is 0.311. The summed E-state index contributed by atoms with van der Waals surface area (Å²) in [6, 6.07) is 4.08. The van der Waals surface area contributed by atoms with Crippen molar-refractivity contribution in [2.75, 3.05) is 13.2 Å². The van der Waals surface area contributed by atoms with Crippen molar-refractivity contribution in [2.24, 2.45) is 0 Å². The summed E-state index contributed by atoms with van der Waals surface area (Å²) in [6.07, 6.45) is 2.85. The van der Waals surface area contributed by atoms with E-state index in [4.69, 9.17) is 4.74 Å². The van der Waals surface area contributed by atoms with Crippen LogP contribution in [0.4, 0.5) is 0 Å². The normalized spacial score (nSPS) is 10.3. The molecule has 0 heterocycles. The number of hydrogen-bond acceptors (Lipinski definition) is 2. The Kier molecular flexibility index (Phi) is 6.85. The molecule has 1 aromatic rings. The van der Waals surface area contributed by atoms with Crippen LogP contribution in [0.1, 0.15) is 18.9 Å². The molecule has 0 aliphatic carbocycles. The Labute approximate surface area is 120 Å². The van der Waals surface area contributed by atoms with Gasteiger partial charge in [-0.25, -0.2) is 0 Å². The predicted molar refractivity (Wildman–Crippen MR) is 79.5 cm³/mol. The fraction of sp³-hybridized carbons (Fsp3) is 0.385. The highest BCUT2D eigenvalue weighted by Crippen LogP contribution is 2.33. The van der Waals surface area contributed by atoms with Crippen LogP contribution in [0.3, 0.4) is 0 Å². The summed E-state index contributed by atoms with van der Waals surface area (Å²) in [5, 5.41) is 3.28. The van der Waals surface area contributed by atoms with Crippen molar-refractivity contribution in [3.8, 4) is 5.75 Å². The Morgan fingerprint density at radius 3 is 2.82 bits per heavy atom. The molecule has 0 spiro atoms. The van der Waals surface area contributed by atoms with Crippen LogP contribution in [-0.4, -0.2) is 13.2 Å². The van der Waals surface area contributed by atoms with E-state index in [1.54, 1.807) is 0 Å². The van der Waals surface area contributed by atoms with Gasteiger partial charge in [-0.05, 0) is 34.5 Å². The quantitative estimate of drug-likeness (QED) is 0.577. The fourth-order valence-corrected chi connectivity index (χ4v) is 2.85. The molecular weight excluding hydrogens is 346 g/mol. The smallest absolute Gasteiger partial charge is 0.138 e. The summed E-state index contributed by atoms with van der Waals surface area (Å²) in [5.41, 5.74) is 1.14. The average Bonchev–Trinajstić information content (AvgIpc) is 2.28. The van der Waals surface area contributed by atoms with Gasteiger partial charge in [-0.15, -0.1) is 6.58 Å². The Hall–Kier alpha value is -0.320. The molecule has 0 aliphatic rings. The molecule has 0 aromatic heterocycles. The maximum atomic E-state index is 5.77. The Morgan fingerprint density at radius 2 is 2.18 bits per heavy atom. The van der Waals surface area contributed by atoms with Crippen molar-refractivity contribution >= 4 is 31.9 Å². The number of nitrogens with one attached hydrogen (secondary N) is 1. The molecule has 2 nitrogen and oxygen atoms in total. The first kappa shape index (κ1) is 14.7. The molecule has 17 heavy (non-hydrogen) atoms. The molecule has 0 fully saturated rings. The third-order valence-corrected chi connectivity index (χ3v) is 3.19. The van der Waals surface area contributed by atoms with Crippen LogP contribution in [0.5, 0.6) is 5.75 Å². The zero-order chi connectivity index (χ0) is 12.7. The van der Waals surface area contributed by atoms with Crippen LogP contribution in [0.2, 0.25) is 0 Å². The summed E-state index contributed by atoms with van der Waals surface area (Å²) in [7, 11) is 0. The Balaban J connectivity index is 2.85. The largest absolute Gasteiger partial charge is 0.492 e. The molecule has 94 valence electrons. The van der Waals surface area contributed by atoms with E-state index in [9.17, 15) is 0 Å². The van der Waals surface area contributed by atoms with Crippen LogP contribution >= 0.6 is 31.9 Å². The van der Waals surface area contributed by atoms with Gasteiger partial charge in [0.2, 0.25) is 0 Å². The van der Waals surface area contributed by atoms with E-state index >= 15 is 0 Å². The zero-order valence-corrected chi connectivity index (χ0v) is 13.1. The Bertz CT molecular complexity index is 380. The molecule has 0 saturated carbocycles. The number of hydrogen-bond donors (Lipinski definition) is 1. The van der Waals surface area contributed by atoms with Crippen LogP contribution in [0, 0.1) is 0 Å². The van der Waals surface area contributed by atoms with E-state index in [1.807, 2.05) is 12.1 Å². The van der Waals surface area contributed by atoms with Crippen molar-refractivity contribution in [3.63, 3.8) is 0 Å². The molecule has 0 unspecified atom stereocenters. The maximum absolute atomic E-state index is 5.77. The van der Waals surface area contributed by atoms with Gasteiger partial charge < -0.3 is 10.1 Å². The van der Waals surface area contributed by atoms with E-state index in [2.05, 4.69) is 56.7 Å². The lowest BCUT2D eigenvalue weighted by atomic mass is 10.2. The minimum Gasteiger partial charge on any atom is -0.492 e. The summed E-state index contributed by atoms with van der Waals surface area (Å²) >= 11 is 7.02. The lowest BCUT2D eigenvalue weighted by Gasteiger charge is -2.14. The standard InChI is InChI=1S/C13H17Br2NO/c1-3-5-16-9-10-7-11(14)8-12(15)13(10)17-6-4-2/h3,7-8,16H,1,4-6,9H2,2H3. The molecular formula is C13H17Br2NO. The number of benzene rings is 1. The first-order chi connectivity index (χ1) is 8.19. The summed E-state index contributed by atoms with van der Waals surface area (Å²) in [4.78, 5) is 0. The second kappa shape index (κ2) is 7.90. The van der Waals surface area contributed by atoms with Crippen molar-refractivity contribution in [2.45, 2.75) is 19.9 Å². The number of rotatable bonds is 7. The monoisotopic (exact) mass is 361 g/mol.